The molecule has 0 atom stereocenters. The minimum absolute atomic E-state index is 0.120. The molecule has 1 heterocycles. The Balaban J connectivity index is 2.15. The van der Waals surface area contributed by atoms with Gasteiger partial charge in [-0.25, -0.2) is 0 Å². The van der Waals surface area contributed by atoms with E-state index in [-0.39, 0.29) is 11.8 Å². The smallest absolute Gasteiger partial charge is 0.202 e. The maximum atomic E-state index is 10.4. The maximum Gasteiger partial charge on any atom is 0.202 e. The molecule has 0 spiro atoms. The average Bonchev–Trinajstić information content (AvgIpc) is 2.78. The van der Waals surface area contributed by atoms with Crippen molar-refractivity contribution in [3.8, 4) is 28.9 Å². The molecule has 1 aliphatic rings. The second-order valence-corrected chi connectivity index (χ2v) is 5.19. The number of rotatable bonds is 3. The van der Waals surface area contributed by atoms with E-state index in [1.807, 2.05) is 0 Å². The quantitative estimate of drug-likeness (QED) is 0.912. The first-order chi connectivity index (χ1) is 10.2. The first-order valence-electron chi connectivity index (χ1n) is 7.04. The van der Waals surface area contributed by atoms with Crippen molar-refractivity contribution in [2.24, 2.45) is 0 Å². The zero-order valence-corrected chi connectivity index (χ0v) is 12.2. The van der Waals surface area contributed by atoms with Gasteiger partial charge in [0.2, 0.25) is 11.8 Å². The second kappa shape index (κ2) is 5.24. The average molecular weight is 289 g/mol. The molecule has 0 fully saturated rings. The van der Waals surface area contributed by atoms with Crippen LogP contribution in [0.1, 0.15) is 24.0 Å². The third kappa shape index (κ3) is 2.09. The van der Waals surface area contributed by atoms with Crippen molar-refractivity contribution >= 4 is 0 Å². The number of aromatic nitrogens is 1. The molecule has 112 valence electrons. The number of methoxy groups -OCH3 is 2. The highest BCUT2D eigenvalue weighted by Gasteiger charge is 2.25. The first-order valence-corrected chi connectivity index (χ1v) is 7.04. The van der Waals surface area contributed by atoms with E-state index in [4.69, 9.17) is 9.47 Å². The molecule has 1 aliphatic carbocycles. The number of ether oxygens (including phenoxy) is 2. The molecule has 0 saturated carbocycles. The van der Waals surface area contributed by atoms with Crippen LogP contribution >= 0.6 is 0 Å². The van der Waals surface area contributed by atoms with E-state index in [9.17, 15) is 10.2 Å². The van der Waals surface area contributed by atoms with Gasteiger partial charge in [-0.05, 0) is 37.8 Å². The Morgan fingerprint density at radius 1 is 0.905 bits per heavy atom. The predicted octanol–water partition coefficient (Wildman–Crippen LogP) is 2.78. The normalized spacial score (nSPS) is 13.8. The van der Waals surface area contributed by atoms with Crippen LogP contribution in [0.2, 0.25) is 0 Å². The van der Waals surface area contributed by atoms with E-state index >= 15 is 0 Å². The summed E-state index contributed by atoms with van der Waals surface area (Å²) in [5, 5.41) is 20.9. The molecule has 0 unspecified atom stereocenters. The van der Waals surface area contributed by atoms with E-state index in [2.05, 4.69) is 0 Å². The third-order valence-electron chi connectivity index (χ3n) is 4.06. The van der Waals surface area contributed by atoms with Gasteiger partial charge in [0, 0.05) is 17.2 Å². The molecular formula is C16H19NO4. The number of hydrogen-bond donors (Lipinski definition) is 2. The van der Waals surface area contributed by atoms with Gasteiger partial charge >= 0.3 is 0 Å². The molecule has 0 bridgehead atoms. The lowest BCUT2D eigenvalue weighted by atomic mass is 9.95. The van der Waals surface area contributed by atoms with Crippen LogP contribution in [0.3, 0.4) is 0 Å². The van der Waals surface area contributed by atoms with Crippen LogP contribution in [0.5, 0.6) is 23.3 Å². The molecule has 21 heavy (non-hydrogen) atoms. The minimum Gasteiger partial charge on any atom is -0.494 e. The van der Waals surface area contributed by atoms with Crippen LogP contribution in [-0.4, -0.2) is 29.0 Å². The number of nitrogens with zero attached hydrogens (tertiary/aromatic N) is 1. The van der Waals surface area contributed by atoms with E-state index in [0.29, 0.717) is 17.2 Å². The monoisotopic (exact) mass is 289 g/mol. The van der Waals surface area contributed by atoms with Gasteiger partial charge in [-0.15, -0.1) is 0 Å². The van der Waals surface area contributed by atoms with Crippen LogP contribution in [0.15, 0.2) is 18.2 Å². The van der Waals surface area contributed by atoms with Crippen molar-refractivity contribution < 1.29 is 19.7 Å². The summed E-state index contributed by atoms with van der Waals surface area (Å²) in [7, 11) is 3.13. The molecule has 1 aromatic heterocycles. The highest BCUT2D eigenvalue weighted by molar-refractivity contribution is 5.57. The fourth-order valence-electron chi connectivity index (χ4n) is 2.98. The van der Waals surface area contributed by atoms with Crippen LogP contribution < -0.4 is 9.47 Å². The summed E-state index contributed by atoms with van der Waals surface area (Å²) in [5.74, 6) is 1.40. The molecule has 0 saturated heterocycles. The van der Waals surface area contributed by atoms with E-state index in [0.717, 1.165) is 36.8 Å². The fourth-order valence-corrected chi connectivity index (χ4v) is 2.98. The third-order valence-corrected chi connectivity index (χ3v) is 4.06. The predicted molar refractivity (Wildman–Crippen MR) is 78.8 cm³/mol. The van der Waals surface area contributed by atoms with Crippen molar-refractivity contribution in [2.75, 3.05) is 14.2 Å². The van der Waals surface area contributed by atoms with E-state index in [1.165, 1.54) is 4.57 Å². The SMILES string of the molecule is COc1ccc(-n2c(O)c3c(c2O)CCCC3)cc1OC. The summed E-state index contributed by atoms with van der Waals surface area (Å²) < 4.78 is 12.0. The summed E-state index contributed by atoms with van der Waals surface area (Å²) in [4.78, 5) is 0. The Morgan fingerprint density at radius 2 is 1.48 bits per heavy atom. The molecule has 2 N–H and O–H groups in total. The van der Waals surface area contributed by atoms with Crippen molar-refractivity contribution in [3.63, 3.8) is 0 Å². The standard InChI is InChI=1S/C16H19NO4/c1-20-13-8-7-10(9-14(13)21-2)17-15(18)11-5-3-4-6-12(11)16(17)19/h7-9,18-19H,3-6H2,1-2H3. The van der Waals surface area contributed by atoms with Gasteiger partial charge < -0.3 is 19.7 Å². The Bertz CT molecular complexity index is 646. The highest BCUT2D eigenvalue weighted by atomic mass is 16.5. The Morgan fingerprint density at radius 3 is 2.00 bits per heavy atom. The van der Waals surface area contributed by atoms with Crippen molar-refractivity contribution in [1.29, 1.82) is 0 Å². The second-order valence-electron chi connectivity index (χ2n) is 5.19. The van der Waals surface area contributed by atoms with Gasteiger partial charge in [-0.1, -0.05) is 0 Å². The van der Waals surface area contributed by atoms with Crippen LogP contribution in [0, 0.1) is 0 Å². The van der Waals surface area contributed by atoms with Crippen LogP contribution in [0.4, 0.5) is 0 Å². The number of hydrogen-bond acceptors (Lipinski definition) is 4. The molecule has 3 rings (SSSR count). The minimum atomic E-state index is 0.120. The maximum absolute atomic E-state index is 10.4. The molecule has 5 heteroatoms. The topological polar surface area (TPSA) is 63.9 Å². The number of benzene rings is 1. The summed E-state index contributed by atoms with van der Waals surface area (Å²) >= 11 is 0. The lowest BCUT2D eigenvalue weighted by Crippen LogP contribution is -1.98. The lowest BCUT2D eigenvalue weighted by molar-refractivity contribution is 0.354. The fraction of sp³-hybridized carbons (Fsp3) is 0.375. The van der Waals surface area contributed by atoms with Crippen LogP contribution in [-0.2, 0) is 12.8 Å². The first kappa shape index (κ1) is 13.7. The van der Waals surface area contributed by atoms with Gasteiger partial charge in [0.05, 0.1) is 19.9 Å². The summed E-state index contributed by atoms with van der Waals surface area (Å²) in [5.41, 5.74) is 2.36. The van der Waals surface area contributed by atoms with Gasteiger partial charge in [-0.2, -0.15) is 0 Å². The van der Waals surface area contributed by atoms with Crippen molar-refractivity contribution in [2.45, 2.75) is 25.7 Å². The van der Waals surface area contributed by atoms with Crippen molar-refractivity contribution in [1.82, 2.24) is 4.57 Å². The molecular weight excluding hydrogens is 270 g/mol. The summed E-state index contributed by atoms with van der Waals surface area (Å²) in [6, 6.07) is 5.28. The summed E-state index contributed by atoms with van der Waals surface area (Å²) in [6.07, 6.45) is 3.68. The van der Waals surface area contributed by atoms with Crippen LogP contribution in [0.25, 0.3) is 5.69 Å². The van der Waals surface area contributed by atoms with Gasteiger partial charge in [0.25, 0.3) is 0 Å². The number of fused-ring (bicyclic) bond motifs is 1. The zero-order valence-electron chi connectivity index (χ0n) is 12.2. The molecule has 0 amide bonds. The van der Waals surface area contributed by atoms with Gasteiger partial charge in [-0.3, -0.25) is 4.57 Å². The molecule has 2 aromatic rings. The Labute approximate surface area is 123 Å². The van der Waals surface area contributed by atoms with Gasteiger partial charge in [0.15, 0.2) is 11.5 Å². The molecule has 0 radical (unpaired) electrons. The molecule has 0 aliphatic heterocycles. The van der Waals surface area contributed by atoms with Gasteiger partial charge in [0.1, 0.15) is 0 Å². The number of aromatic hydroxyl groups is 2. The van der Waals surface area contributed by atoms with E-state index in [1.54, 1.807) is 32.4 Å². The molecule has 5 nitrogen and oxygen atoms in total. The largest absolute Gasteiger partial charge is 0.494 e. The summed E-state index contributed by atoms with van der Waals surface area (Å²) in [6.45, 7) is 0. The zero-order chi connectivity index (χ0) is 15.0. The Kier molecular flexibility index (Phi) is 3.41. The van der Waals surface area contributed by atoms with Crippen molar-refractivity contribution in [3.05, 3.63) is 29.3 Å². The molecule has 1 aromatic carbocycles. The van der Waals surface area contributed by atoms with E-state index < -0.39 is 0 Å². The lowest BCUT2D eigenvalue weighted by Gasteiger charge is -2.12. The highest BCUT2D eigenvalue weighted by Crippen LogP contribution is 2.42. The Hall–Kier alpha value is -2.30.